The summed E-state index contributed by atoms with van der Waals surface area (Å²) in [6.45, 7) is 8.89. The minimum Gasteiger partial charge on any atom is -0.354 e. The molecule has 0 saturated heterocycles. The molecule has 0 aliphatic rings. The van der Waals surface area contributed by atoms with Gasteiger partial charge in [0.2, 0.25) is 11.8 Å². The summed E-state index contributed by atoms with van der Waals surface area (Å²) >= 11 is 14.0. The van der Waals surface area contributed by atoms with E-state index in [1.54, 1.807) is 28.8 Å². The first-order chi connectivity index (χ1) is 15.2. The summed E-state index contributed by atoms with van der Waals surface area (Å²) in [5.74, 6) is 0.766. The molecule has 0 saturated carbocycles. The molecular weight excluding hydrogens is 463 g/mol. The SMILES string of the molecule is CC[C@H](C(=O)NCC(C)C)N(Cc1ccc(Cl)cc1Cl)C(=O)CCSc1ccc(C)cc1. The van der Waals surface area contributed by atoms with Crippen LogP contribution in [0.4, 0.5) is 0 Å². The fourth-order valence-corrected chi connectivity index (χ4v) is 4.52. The Hall–Kier alpha value is -1.69. The lowest BCUT2D eigenvalue weighted by Gasteiger charge is -2.31. The van der Waals surface area contributed by atoms with Crippen molar-refractivity contribution in [2.75, 3.05) is 12.3 Å². The lowest BCUT2D eigenvalue weighted by molar-refractivity contribution is -0.141. The van der Waals surface area contributed by atoms with E-state index in [2.05, 4.69) is 29.6 Å². The van der Waals surface area contributed by atoms with Gasteiger partial charge in [0.1, 0.15) is 6.04 Å². The Morgan fingerprint density at radius 1 is 1.09 bits per heavy atom. The van der Waals surface area contributed by atoms with Crippen LogP contribution in [0.1, 0.15) is 44.7 Å². The van der Waals surface area contributed by atoms with Crippen LogP contribution in [0.5, 0.6) is 0 Å². The van der Waals surface area contributed by atoms with E-state index in [-0.39, 0.29) is 18.4 Å². The van der Waals surface area contributed by atoms with E-state index in [1.165, 1.54) is 5.56 Å². The number of nitrogens with zero attached hydrogens (tertiary/aromatic N) is 1. The minimum atomic E-state index is -0.558. The number of halogens is 2. The van der Waals surface area contributed by atoms with Gasteiger partial charge < -0.3 is 10.2 Å². The largest absolute Gasteiger partial charge is 0.354 e. The number of carbonyl (C=O) groups excluding carboxylic acids is 2. The van der Waals surface area contributed by atoms with E-state index in [9.17, 15) is 9.59 Å². The van der Waals surface area contributed by atoms with Crippen molar-refractivity contribution in [2.45, 2.75) is 58.0 Å². The van der Waals surface area contributed by atoms with Crippen molar-refractivity contribution in [2.24, 2.45) is 5.92 Å². The third-order valence-corrected chi connectivity index (χ3v) is 6.63. The van der Waals surface area contributed by atoms with Crippen LogP contribution in [0, 0.1) is 12.8 Å². The fourth-order valence-electron chi connectivity index (χ4n) is 3.21. The van der Waals surface area contributed by atoms with Gasteiger partial charge in [-0.3, -0.25) is 9.59 Å². The number of nitrogens with one attached hydrogen (secondary N) is 1. The maximum atomic E-state index is 13.3. The fraction of sp³-hybridized carbons (Fsp3) is 0.440. The molecule has 0 fully saturated rings. The molecule has 2 rings (SSSR count). The number of thioether (sulfide) groups is 1. The summed E-state index contributed by atoms with van der Waals surface area (Å²) < 4.78 is 0. The van der Waals surface area contributed by atoms with E-state index < -0.39 is 6.04 Å². The molecule has 0 unspecified atom stereocenters. The molecule has 0 spiro atoms. The van der Waals surface area contributed by atoms with Crippen molar-refractivity contribution in [3.05, 3.63) is 63.6 Å². The molecule has 0 heterocycles. The monoisotopic (exact) mass is 494 g/mol. The van der Waals surface area contributed by atoms with Crippen LogP contribution in [-0.4, -0.2) is 35.1 Å². The summed E-state index contributed by atoms with van der Waals surface area (Å²) in [7, 11) is 0. The Balaban J connectivity index is 2.15. The first-order valence-corrected chi connectivity index (χ1v) is 12.7. The zero-order chi connectivity index (χ0) is 23.7. The van der Waals surface area contributed by atoms with Crippen LogP contribution in [0.2, 0.25) is 10.0 Å². The lowest BCUT2D eigenvalue weighted by Crippen LogP contribution is -2.49. The van der Waals surface area contributed by atoms with Crippen LogP contribution in [0.15, 0.2) is 47.4 Å². The van der Waals surface area contributed by atoms with Crippen molar-refractivity contribution in [3.8, 4) is 0 Å². The molecule has 1 atom stereocenters. The number of aryl methyl sites for hydroxylation is 1. The van der Waals surface area contributed by atoms with Crippen molar-refractivity contribution in [1.82, 2.24) is 10.2 Å². The number of carbonyl (C=O) groups is 2. The van der Waals surface area contributed by atoms with Gasteiger partial charge in [0.15, 0.2) is 0 Å². The standard InChI is InChI=1S/C25H32Cl2N2O2S/c1-5-23(25(31)28-15-17(2)3)29(16-19-8-9-20(26)14-22(19)27)24(30)12-13-32-21-10-6-18(4)7-11-21/h6-11,14,17,23H,5,12-13,15-16H2,1-4H3,(H,28,31)/t23-/m1/s1. The number of hydrogen-bond acceptors (Lipinski definition) is 3. The predicted molar refractivity (Wildman–Crippen MR) is 135 cm³/mol. The maximum absolute atomic E-state index is 13.3. The van der Waals surface area contributed by atoms with Gasteiger partial charge in [-0.1, -0.05) is 67.7 Å². The summed E-state index contributed by atoms with van der Waals surface area (Å²) in [5, 5.41) is 4.00. The zero-order valence-electron chi connectivity index (χ0n) is 19.2. The predicted octanol–water partition coefficient (Wildman–Crippen LogP) is 6.36. The normalized spacial score (nSPS) is 12.0. The Morgan fingerprint density at radius 3 is 2.38 bits per heavy atom. The average Bonchev–Trinajstić information content (AvgIpc) is 2.74. The third-order valence-electron chi connectivity index (χ3n) is 5.03. The van der Waals surface area contributed by atoms with Gasteiger partial charge in [-0.05, 0) is 49.1 Å². The van der Waals surface area contributed by atoms with E-state index >= 15 is 0 Å². The Morgan fingerprint density at radius 2 is 1.78 bits per heavy atom. The van der Waals surface area contributed by atoms with Gasteiger partial charge in [-0.25, -0.2) is 0 Å². The van der Waals surface area contributed by atoms with Crippen molar-refractivity contribution < 1.29 is 9.59 Å². The number of hydrogen-bond donors (Lipinski definition) is 1. The Kier molecular flexibility index (Phi) is 10.9. The Labute approximate surface area is 206 Å². The highest BCUT2D eigenvalue weighted by Gasteiger charge is 2.29. The third kappa shape index (κ3) is 8.34. The van der Waals surface area contributed by atoms with Gasteiger partial charge >= 0.3 is 0 Å². The van der Waals surface area contributed by atoms with Gasteiger partial charge in [0.25, 0.3) is 0 Å². The smallest absolute Gasteiger partial charge is 0.242 e. The molecule has 4 nitrogen and oxygen atoms in total. The molecular formula is C25H32Cl2N2O2S. The molecule has 32 heavy (non-hydrogen) atoms. The highest BCUT2D eigenvalue weighted by atomic mass is 35.5. The van der Waals surface area contributed by atoms with Crippen molar-refractivity contribution in [1.29, 1.82) is 0 Å². The lowest BCUT2D eigenvalue weighted by atomic mass is 10.1. The molecule has 0 aliphatic heterocycles. The van der Waals surface area contributed by atoms with E-state index in [4.69, 9.17) is 23.2 Å². The summed E-state index contributed by atoms with van der Waals surface area (Å²) in [6, 6.07) is 12.9. The molecule has 2 aromatic carbocycles. The quantitative estimate of drug-likeness (QED) is 0.369. The molecule has 0 radical (unpaired) electrons. The molecule has 1 N–H and O–H groups in total. The van der Waals surface area contributed by atoms with Crippen LogP contribution in [0.3, 0.4) is 0 Å². The second-order valence-corrected chi connectivity index (χ2v) is 10.2. The number of amides is 2. The highest BCUT2D eigenvalue weighted by molar-refractivity contribution is 7.99. The molecule has 0 aromatic heterocycles. The van der Waals surface area contributed by atoms with Crippen LogP contribution in [-0.2, 0) is 16.1 Å². The minimum absolute atomic E-state index is 0.0674. The second-order valence-electron chi connectivity index (χ2n) is 8.23. The summed E-state index contributed by atoms with van der Waals surface area (Å²) in [6.07, 6.45) is 0.851. The molecule has 0 aliphatic carbocycles. The average molecular weight is 496 g/mol. The Bertz CT molecular complexity index is 903. The number of benzene rings is 2. The van der Waals surface area contributed by atoms with E-state index in [1.807, 2.05) is 33.8 Å². The van der Waals surface area contributed by atoms with Gasteiger partial charge in [-0.2, -0.15) is 0 Å². The van der Waals surface area contributed by atoms with Crippen LogP contribution >= 0.6 is 35.0 Å². The molecule has 7 heteroatoms. The maximum Gasteiger partial charge on any atom is 0.242 e. The van der Waals surface area contributed by atoms with Crippen LogP contribution in [0.25, 0.3) is 0 Å². The zero-order valence-corrected chi connectivity index (χ0v) is 21.5. The molecule has 2 amide bonds. The van der Waals surface area contributed by atoms with Gasteiger partial charge in [-0.15, -0.1) is 11.8 Å². The summed E-state index contributed by atoms with van der Waals surface area (Å²) in [5.41, 5.74) is 1.97. The van der Waals surface area contributed by atoms with Gasteiger partial charge in [0.05, 0.1) is 0 Å². The van der Waals surface area contributed by atoms with Crippen molar-refractivity contribution >= 4 is 46.8 Å². The topological polar surface area (TPSA) is 49.4 Å². The van der Waals surface area contributed by atoms with Gasteiger partial charge in [0, 0.05) is 40.2 Å². The highest BCUT2D eigenvalue weighted by Crippen LogP contribution is 2.25. The molecule has 174 valence electrons. The second kappa shape index (κ2) is 13.1. The first-order valence-electron chi connectivity index (χ1n) is 10.9. The summed E-state index contributed by atoms with van der Waals surface area (Å²) in [4.78, 5) is 29.0. The van der Waals surface area contributed by atoms with Crippen LogP contribution < -0.4 is 5.32 Å². The van der Waals surface area contributed by atoms with E-state index in [0.29, 0.717) is 41.1 Å². The molecule has 2 aromatic rings. The van der Waals surface area contributed by atoms with E-state index in [0.717, 1.165) is 10.5 Å². The number of rotatable bonds is 11. The first kappa shape index (κ1) is 26.6. The molecule has 0 bridgehead atoms. The van der Waals surface area contributed by atoms with Crippen molar-refractivity contribution in [3.63, 3.8) is 0 Å².